The summed E-state index contributed by atoms with van der Waals surface area (Å²) in [5, 5.41) is 16.3. The summed E-state index contributed by atoms with van der Waals surface area (Å²) in [5.74, 6) is 0. The van der Waals surface area contributed by atoms with Gasteiger partial charge in [0, 0.05) is 10.4 Å². The Morgan fingerprint density at radius 3 is 2.36 bits per heavy atom. The fraction of sp³-hybridized carbons (Fsp3) is 0. The smallest absolute Gasteiger partial charge is 0.203 e. The molecule has 0 amide bonds. The predicted molar refractivity (Wildman–Crippen MR) is 104 cm³/mol. The highest BCUT2D eigenvalue weighted by Crippen LogP contribution is 2.20. The molecule has 122 valence electrons. The Morgan fingerprint density at radius 2 is 1.64 bits per heavy atom. The van der Waals surface area contributed by atoms with E-state index in [9.17, 15) is 0 Å². The molecule has 4 rings (SSSR count). The van der Waals surface area contributed by atoms with Crippen LogP contribution >= 0.6 is 22.7 Å². The number of benzene rings is 2. The van der Waals surface area contributed by atoms with Gasteiger partial charge in [-0.25, -0.2) is 4.68 Å². The Morgan fingerprint density at radius 1 is 0.880 bits per heavy atom. The van der Waals surface area contributed by atoms with Crippen molar-refractivity contribution in [3.63, 3.8) is 0 Å². The fourth-order valence-corrected chi connectivity index (χ4v) is 3.73. The van der Waals surface area contributed by atoms with E-state index in [1.165, 1.54) is 11.3 Å². The highest BCUT2D eigenvalue weighted by molar-refractivity contribution is 7.12. The van der Waals surface area contributed by atoms with Crippen LogP contribution in [0.25, 0.3) is 16.3 Å². The van der Waals surface area contributed by atoms with Gasteiger partial charge in [0.15, 0.2) is 0 Å². The molecule has 0 saturated heterocycles. The number of hydrogen-bond donors (Lipinski definition) is 0. The van der Waals surface area contributed by atoms with Gasteiger partial charge in [0.2, 0.25) is 4.80 Å². The summed E-state index contributed by atoms with van der Waals surface area (Å²) in [4.78, 5) is 1.81. The van der Waals surface area contributed by atoms with Crippen LogP contribution in [-0.2, 0) is 0 Å². The van der Waals surface area contributed by atoms with Crippen LogP contribution in [-0.4, -0.2) is 16.0 Å². The molecule has 0 aliphatic rings. The SMILES string of the molecule is C(=N\N=c1\sc(-c2ccccc2)nn1-c1ccccc1)/c1cccs1. The van der Waals surface area contributed by atoms with Crippen LogP contribution in [0.2, 0.25) is 0 Å². The summed E-state index contributed by atoms with van der Waals surface area (Å²) in [7, 11) is 0. The molecule has 4 nitrogen and oxygen atoms in total. The lowest BCUT2D eigenvalue weighted by Gasteiger charge is -1.99. The van der Waals surface area contributed by atoms with E-state index in [4.69, 9.17) is 5.10 Å². The molecule has 0 aliphatic heterocycles. The number of nitrogens with zero attached hydrogens (tertiary/aromatic N) is 4. The van der Waals surface area contributed by atoms with Crippen molar-refractivity contribution >= 4 is 28.9 Å². The highest BCUT2D eigenvalue weighted by Gasteiger charge is 2.08. The summed E-state index contributed by atoms with van der Waals surface area (Å²) in [5.41, 5.74) is 2.03. The van der Waals surface area contributed by atoms with Gasteiger partial charge in [0.25, 0.3) is 0 Å². The van der Waals surface area contributed by atoms with Gasteiger partial charge in [0.1, 0.15) is 5.01 Å². The molecule has 25 heavy (non-hydrogen) atoms. The van der Waals surface area contributed by atoms with Gasteiger partial charge in [-0.1, -0.05) is 65.9 Å². The van der Waals surface area contributed by atoms with E-state index in [0.717, 1.165) is 25.9 Å². The first-order chi connectivity index (χ1) is 12.4. The van der Waals surface area contributed by atoms with Crippen molar-refractivity contribution in [1.82, 2.24) is 9.78 Å². The van der Waals surface area contributed by atoms with E-state index in [2.05, 4.69) is 10.2 Å². The zero-order chi connectivity index (χ0) is 16.9. The van der Waals surface area contributed by atoms with Gasteiger partial charge in [-0.2, -0.15) is 10.2 Å². The van der Waals surface area contributed by atoms with Crippen LogP contribution in [0.4, 0.5) is 0 Å². The third kappa shape index (κ3) is 3.65. The minimum Gasteiger partial charge on any atom is -0.203 e. The highest BCUT2D eigenvalue weighted by atomic mass is 32.1. The van der Waals surface area contributed by atoms with Crippen LogP contribution in [0.3, 0.4) is 0 Å². The normalized spacial score (nSPS) is 12.1. The van der Waals surface area contributed by atoms with Crippen molar-refractivity contribution in [2.45, 2.75) is 0 Å². The second-order valence-corrected chi connectivity index (χ2v) is 7.10. The maximum atomic E-state index is 4.74. The lowest BCUT2D eigenvalue weighted by molar-refractivity contribution is 0.824. The van der Waals surface area contributed by atoms with E-state index in [1.807, 2.05) is 82.9 Å². The largest absolute Gasteiger partial charge is 0.233 e. The van der Waals surface area contributed by atoms with E-state index in [1.54, 1.807) is 17.6 Å². The third-order valence-corrected chi connectivity index (χ3v) is 5.21. The standard InChI is InChI=1S/C19H14N4S2/c1-3-8-15(9-4-1)18-22-23(16-10-5-2-6-11-16)19(25-18)21-20-14-17-12-7-13-24-17/h1-14H/b20-14+,21-19+. The molecule has 0 N–H and O–H groups in total. The molecule has 2 heterocycles. The minimum absolute atomic E-state index is 0.734. The minimum atomic E-state index is 0.734. The Labute approximate surface area is 153 Å². The van der Waals surface area contributed by atoms with Crippen LogP contribution in [0.5, 0.6) is 0 Å². The second kappa shape index (κ2) is 7.38. The number of hydrogen-bond acceptors (Lipinski definition) is 5. The van der Waals surface area contributed by atoms with Crippen LogP contribution < -0.4 is 4.80 Å². The van der Waals surface area contributed by atoms with E-state index in [-0.39, 0.29) is 0 Å². The van der Waals surface area contributed by atoms with Crippen molar-refractivity contribution in [3.05, 3.63) is 87.9 Å². The molecule has 0 atom stereocenters. The molecular weight excluding hydrogens is 348 g/mol. The first-order valence-corrected chi connectivity index (χ1v) is 9.41. The van der Waals surface area contributed by atoms with Crippen molar-refractivity contribution in [1.29, 1.82) is 0 Å². The number of rotatable bonds is 4. The van der Waals surface area contributed by atoms with E-state index in [0.29, 0.717) is 0 Å². The van der Waals surface area contributed by atoms with E-state index >= 15 is 0 Å². The van der Waals surface area contributed by atoms with Crippen molar-refractivity contribution in [2.75, 3.05) is 0 Å². The molecule has 2 aromatic heterocycles. The average Bonchev–Trinajstić information content (AvgIpc) is 3.33. The molecule has 0 aliphatic carbocycles. The zero-order valence-electron chi connectivity index (χ0n) is 13.2. The van der Waals surface area contributed by atoms with Gasteiger partial charge in [0.05, 0.1) is 11.9 Å². The summed E-state index contributed by atoms with van der Waals surface area (Å²) < 4.78 is 1.83. The molecule has 0 bridgehead atoms. The lowest BCUT2D eigenvalue weighted by atomic mass is 10.2. The number of aromatic nitrogens is 2. The van der Waals surface area contributed by atoms with Gasteiger partial charge in [-0.3, -0.25) is 0 Å². The Balaban J connectivity index is 1.80. The molecular formula is C19H14N4S2. The molecule has 4 aromatic rings. The van der Waals surface area contributed by atoms with Crippen molar-refractivity contribution in [2.24, 2.45) is 10.2 Å². The topological polar surface area (TPSA) is 42.5 Å². The Hall–Kier alpha value is -2.83. The van der Waals surface area contributed by atoms with Crippen LogP contribution in [0, 0.1) is 0 Å². The molecule has 0 radical (unpaired) electrons. The monoisotopic (exact) mass is 362 g/mol. The average molecular weight is 362 g/mol. The summed E-state index contributed by atoms with van der Waals surface area (Å²) in [6, 6.07) is 24.1. The van der Waals surface area contributed by atoms with Crippen molar-refractivity contribution < 1.29 is 0 Å². The maximum Gasteiger partial charge on any atom is 0.233 e. The lowest BCUT2D eigenvalue weighted by Crippen LogP contribution is -2.13. The van der Waals surface area contributed by atoms with Gasteiger partial charge >= 0.3 is 0 Å². The predicted octanol–water partition coefficient (Wildman–Crippen LogP) is 4.60. The number of para-hydroxylation sites is 1. The van der Waals surface area contributed by atoms with Crippen molar-refractivity contribution in [3.8, 4) is 16.3 Å². The third-order valence-electron chi connectivity index (χ3n) is 3.45. The zero-order valence-corrected chi connectivity index (χ0v) is 14.8. The molecule has 0 unspecified atom stereocenters. The quantitative estimate of drug-likeness (QED) is 0.386. The maximum absolute atomic E-state index is 4.74. The Bertz CT molecular complexity index is 1030. The van der Waals surface area contributed by atoms with Crippen LogP contribution in [0.1, 0.15) is 4.88 Å². The summed E-state index contributed by atoms with van der Waals surface area (Å²) in [6.07, 6.45) is 1.77. The van der Waals surface area contributed by atoms with Crippen LogP contribution in [0.15, 0.2) is 88.4 Å². The van der Waals surface area contributed by atoms with Gasteiger partial charge in [-0.05, 0) is 23.6 Å². The first-order valence-electron chi connectivity index (χ1n) is 7.72. The van der Waals surface area contributed by atoms with Gasteiger partial charge in [-0.15, -0.1) is 16.4 Å². The molecule has 0 fully saturated rings. The molecule has 0 saturated carbocycles. The molecule has 0 spiro atoms. The molecule has 6 heteroatoms. The summed E-state index contributed by atoms with van der Waals surface area (Å²) in [6.45, 7) is 0. The first kappa shape index (κ1) is 15.7. The van der Waals surface area contributed by atoms with E-state index < -0.39 is 0 Å². The van der Waals surface area contributed by atoms with Gasteiger partial charge < -0.3 is 0 Å². The fourth-order valence-electron chi connectivity index (χ4n) is 2.28. The Kier molecular flexibility index (Phi) is 4.63. The summed E-state index contributed by atoms with van der Waals surface area (Å²) >= 11 is 3.15. The number of thiophene rings is 1. The second-order valence-electron chi connectivity index (χ2n) is 5.16. The molecule has 2 aromatic carbocycles.